The Morgan fingerprint density at radius 2 is 1.47 bits per heavy atom. The molecule has 0 atom stereocenters. The predicted octanol–water partition coefficient (Wildman–Crippen LogP) is 1.99. The van der Waals surface area contributed by atoms with E-state index in [9.17, 15) is 9.59 Å². The van der Waals surface area contributed by atoms with Crippen LogP contribution in [0.1, 0.15) is 60.3 Å². The Hall–Kier alpha value is -1.06. The zero-order valence-electron chi connectivity index (χ0n) is 11.7. The van der Waals surface area contributed by atoms with Crippen molar-refractivity contribution in [3.05, 3.63) is 0 Å². The van der Waals surface area contributed by atoms with Crippen LogP contribution in [0.5, 0.6) is 0 Å². The van der Waals surface area contributed by atoms with Gasteiger partial charge in [0.1, 0.15) is 0 Å². The Balaban J connectivity index is 3.58. The summed E-state index contributed by atoms with van der Waals surface area (Å²) in [5.74, 6) is 0.123. The number of hydrogen-bond donors (Lipinski definition) is 2. The summed E-state index contributed by atoms with van der Waals surface area (Å²) in [5.41, 5.74) is -0.175. The van der Waals surface area contributed by atoms with Crippen LogP contribution in [0.15, 0.2) is 0 Å². The molecule has 0 aromatic carbocycles. The summed E-state index contributed by atoms with van der Waals surface area (Å²) in [6, 6.07) is 0.187. The van der Waals surface area contributed by atoms with Crippen LogP contribution in [0, 0.1) is 0 Å². The molecule has 100 valence electrons. The highest BCUT2D eigenvalue weighted by molar-refractivity contribution is 5.77. The molecule has 0 saturated heterocycles. The topological polar surface area (TPSA) is 58.2 Å². The number of nitrogens with one attached hydrogen (secondary N) is 2. The third-order valence-electron chi connectivity index (χ3n) is 2.02. The molecule has 0 aromatic heterocycles. The maximum atomic E-state index is 11.5. The molecule has 0 radical (unpaired) electrons. The molecule has 2 N–H and O–H groups in total. The van der Waals surface area contributed by atoms with Gasteiger partial charge in [-0.15, -0.1) is 0 Å². The summed E-state index contributed by atoms with van der Waals surface area (Å²) >= 11 is 0. The van der Waals surface area contributed by atoms with Gasteiger partial charge in [-0.1, -0.05) is 0 Å². The molecule has 0 bridgehead atoms. The summed E-state index contributed by atoms with van der Waals surface area (Å²) in [4.78, 5) is 22.8. The molecule has 17 heavy (non-hydrogen) atoms. The van der Waals surface area contributed by atoms with Gasteiger partial charge in [-0.25, -0.2) is 0 Å². The molecule has 2 amide bonds. The largest absolute Gasteiger partial charge is 0.354 e. The van der Waals surface area contributed by atoms with E-state index in [0.29, 0.717) is 12.8 Å². The lowest BCUT2D eigenvalue weighted by atomic mass is 10.1. The molecule has 0 saturated carbocycles. The first kappa shape index (κ1) is 15.9. The summed E-state index contributed by atoms with van der Waals surface area (Å²) in [6.07, 6.45) is 2.51. The fourth-order valence-electron chi connectivity index (χ4n) is 1.45. The van der Waals surface area contributed by atoms with Gasteiger partial charge in [-0.3, -0.25) is 9.59 Å². The van der Waals surface area contributed by atoms with Crippen molar-refractivity contribution < 1.29 is 9.59 Å². The summed E-state index contributed by atoms with van der Waals surface area (Å²) in [7, 11) is 0. The lowest BCUT2D eigenvalue weighted by Crippen LogP contribution is -2.40. The molecular weight excluding hydrogens is 216 g/mol. The fraction of sp³-hybridized carbons (Fsp3) is 0.846. The second-order valence-electron chi connectivity index (χ2n) is 5.73. The Bertz CT molecular complexity index is 255. The van der Waals surface area contributed by atoms with Gasteiger partial charge in [0, 0.05) is 24.4 Å². The normalized spacial score (nSPS) is 11.4. The molecule has 0 spiro atoms. The Labute approximate surface area is 105 Å². The Morgan fingerprint density at radius 1 is 1.00 bits per heavy atom. The van der Waals surface area contributed by atoms with E-state index in [4.69, 9.17) is 0 Å². The monoisotopic (exact) mass is 242 g/mol. The van der Waals surface area contributed by atoms with E-state index in [-0.39, 0.29) is 23.4 Å². The molecule has 0 unspecified atom stereocenters. The highest BCUT2D eigenvalue weighted by atomic mass is 16.2. The van der Waals surface area contributed by atoms with Crippen LogP contribution in [-0.4, -0.2) is 23.4 Å². The van der Waals surface area contributed by atoms with Gasteiger partial charge >= 0.3 is 0 Å². The van der Waals surface area contributed by atoms with Crippen molar-refractivity contribution in [2.45, 2.75) is 71.9 Å². The minimum Gasteiger partial charge on any atom is -0.354 e. The summed E-state index contributed by atoms with van der Waals surface area (Å²) in [5, 5.41) is 5.73. The van der Waals surface area contributed by atoms with E-state index in [1.165, 1.54) is 0 Å². The van der Waals surface area contributed by atoms with Crippen LogP contribution in [0.3, 0.4) is 0 Å². The highest BCUT2D eigenvalue weighted by Gasteiger charge is 2.13. The second-order valence-corrected chi connectivity index (χ2v) is 5.73. The molecule has 0 aromatic rings. The SMILES string of the molecule is CC(C)NC(=O)CCCCC(=O)NC(C)(C)C. The molecule has 0 aliphatic heterocycles. The molecule has 0 aliphatic rings. The zero-order chi connectivity index (χ0) is 13.5. The van der Waals surface area contributed by atoms with Crippen LogP contribution in [0.25, 0.3) is 0 Å². The quantitative estimate of drug-likeness (QED) is 0.700. The van der Waals surface area contributed by atoms with Crippen LogP contribution in [-0.2, 0) is 9.59 Å². The van der Waals surface area contributed by atoms with Crippen LogP contribution in [0.2, 0.25) is 0 Å². The van der Waals surface area contributed by atoms with E-state index >= 15 is 0 Å². The van der Waals surface area contributed by atoms with Gasteiger partial charge in [0.2, 0.25) is 11.8 Å². The van der Waals surface area contributed by atoms with E-state index in [0.717, 1.165) is 12.8 Å². The highest BCUT2D eigenvalue weighted by Crippen LogP contribution is 2.04. The van der Waals surface area contributed by atoms with Crippen LogP contribution >= 0.6 is 0 Å². The standard InChI is InChI=1S/C13H26N2O2/c1-10(2)14-11(16)8-6-7-9-12(17)15-13(3,4)5/h10H,6-9H2,1-5H3,(H,14,16)(H,15,17). The fourth-order valence-corrected chi connectivity index (χ4v) is 1.45. The third kappa shape index (κ3) is 11.2. The first-order valence-electron chi connectivity index (χ1n) is 6.31. The molecular formula is C13H26N2O2. The number of carbonyl (C=O) groups is 2. The van der Waals surface area contributed by atoms with Gasteiger partial charge in [-0.2, -0.15) is 0 Å². The average Bonchev–Trinajstić information content (AvgIpc) is 2.08. The van der Waals surface area contributed by atoms with Crippen LogP contribution in [0.4, 0.5) is 0 Å². The smallest absolute Gasteiger partial charge is 0.220 e. The van der Waals surface area contributed by atoms with Gasteiger partial charge in [0.15, 0.2) is 0 Å². The van der Waals surface area contributed by atoms with Crippen molar-refractivity contribution in [3.8, 4) is 0 Å². The average molecular weight is 242 g/mol. The lowest BCUT2D eigenvalue weighted by Gasteiger charge is -2.20. The maximum Gasteiger partial charge on any atom is 0.220 e. The lowest BCUT2D eigenvalue weighted by molar-refractivity contribution is -0.124. The van der Waals surface area contributed by atoms with Gasteiger partial charge < -0.3 is 10.6 Å². The minimum absolute atomic E-state index is 0.0572. The minimum atomic E-state index is -0.175. The Morgan fingerprint density at radius 3 is 1.88 bits per heavy atom. The van der Waals surface area contributed by atoms with Crippen molar-refractivity contribution in [2.75, 3.05) is 0 Å². The number of amides is 2. The number of hydrogen-bond acceptors (Lipinski definition) is 2. The maximum absolute atomic E-state index is 11.5. The predicted molar refractivity (Wildman–Crippen MR) is 69.6 cm³/mol. The zero-order valence-corrected chi connectivity index (χ0v) is 11.7. The number of carbonyl (C=O) groups excluding carboxylic acids is 2. The number of rotatable bonds is 6. The number of unbranched alkanes of at least 4 members (excludes halogenated alkanes) is 1. The molecule has 0 heterocycles. The van der Waals surface area contributed by atoms with E-state index in [1.807, 2.05) is 34.6 Å². The Kier molecular flexibility index (Phi) is 6.85. The van der Waals surface area contributed by atoms with Gasteiger partial charge in [0.25, 0.3) is 0 Å². The first-order valence-corrected chi connectivity index (χ1v) is 6.31. The van der Waals surface area contributed by atoms with Gasteiger partial charge in [-0.05, 0) is 47.5 Å². The first-order chi connectivity index (χ1) is 7.70. The molecule has 0 rings (SSSR count). The van der Waals surface area contributed by atoms with E-state index in [2.05, 4.69) is 10.6 Å². The summed E-state index contributed by atoms with van der Waals surface area (Å²) in [6.45, 7) is 9.76. The van der Waals surface area contributed by atoms with Crippen molar-refractivity contribution in [1.29, 1.82) is 0 Å². The molecule has 4 heteroatoms. The van der Waals surface area contributed by atoms with Crippen molar-refractivity contribution in [3.63, 3.8) is 0 Å². The third-order valence-corrected chi connectivity index (χ3v) is 2.02. The van der Waals surface area contributed by atoms with E-state index in [1.54, 1.807) is 0 Å². The van der Waals surface area contributed by atoms with E-state index < -0.39 is 0 Å². The molecule has 4 nitrogen and oxygen atoms in total. The molecule has 0 fully saturated rings. The van der Waals surface area contributed by atoms with Crippen molar-refractivity contribution in [1.82, 2.24) is 10.6 Å². The van der Waals surface area contributed by atoms with Crippen LogP contribution < -0.4 is 10.6 Å². The van der Waals surface area contributed by atoms with Crippen molar-refractivity contribution >= 4 is 11.8 Å². The second kappa shape index (κ2) is 7.30. The van der Waals surface area contributed by atoms with Crippen molar-refractivity contribution in [2.24, 2.45) is 0 Å². The van der Waals surface area contributed by atoms with Gasteiger partial charge in [0.05, 0.1) is 0 Å². The summed E-state index contributed by atoms with van der Waals surface area (Å²) < 4.78 is 0. The molecule has 0 aliphatic carbocycles.